The van der Waals surface area contributed by atoms with E-state index >= 15 is 0 Å². The van der Waals surface area contributed by atoms with Crippen LogP contribution in [0, 0.1) is 6.92 Å². The van der Waals surface area contributed by atoms with Crippen LogP contribution in [0.15, 0.2) is 77.7 Å². The lowest BCUT2D eigenvalue weighted by Gasteiger charge is -2.20. The third kappa shape index (κ3) is 4.93. The van der Waals surface area contributed by atoms with Crippen molar-refractivity contribution in [3.05, 3.63) is 78.4 Å². The number of carbonyl (C=O) groups excluding carboxylic acids is 1. The molecule has 0 saturated heterocycles. The molecular weight excluding hydrogens is 464 g/mol. The van der Waals surface area contributed by atoms with Gasteiger partial charge in [0, 0.05) is 32.7 Å². The van der Waals surface area contributed by atoms with Gasteiger partial charge in [-0.3, -0.25) is 9.52 Å². The summed E-state index contributed by atoms with van der Waals surface area (Å²) in [7, 11) is -0.936. The number of fused-ring (bicyclic) bond motifs is 1. The highest BCUT2D eigenvalue weighted by atomic mass is 32.2. The Bertz CT molecular complexity index is 1520. The Morgan fingerprint density at radius 2 is 1.51 bits per heavy atom. The lowest BCUT2D eigenvalue weighted by Crippen LogP contribution is -2.14. The zero-order valence-electron chi connectivity index (χ0n) is 19.9. The van der Waals surface area contributed by atoms with Crippen molar-refractivity contribution in [2.24, 2.45) is 0 Å². The second-order valence-corrected chi connectivity index (χ2v) is 9.74. The molecule has 0 fully saturated rings. The lowest BCUT2D eigenvalue weighted by molar-refractivity contribution is -0.114. The third-order valence-electron chi connectivity index (χ3n) is 5.61. The van der Waals surface area contributed by atoms with Crippen molar-refractivity contribution in [3.63, 3.8) is 0 Å². The van der Waals surface area contributed by atoms with E-state index in [-0.39, 0.29) is 19.3 Å². The van der Waals surface area contributed by atoms with Gasteiger partial charge in [-0.25, -0.2) is 8.42 Å². The minimum atomic E-state index is -3.93. The molecule has 4 aromatic carbocycles. The van der Waals surface area contributed by atoms with E-state index in [9.17, 15) is 13.2 Å². The van der Waals surface area contributed by atoms with Gasteiger partial charge in [-0.1, -0.05) is 48.0 Å². The second-order valence-electron chi connectivity index (χ2n) is 8.06. The normalized spacial score (nSPS) is 11.2. The number of ether oxygens (including phenoxy) is 2. The Balaban J connectivity index is 0.00000241. The summed E-state index contributed by atoms with van der Waals surface area (Å²) in [5, 5.41) is 4.63. The van der Waals surface area contributed by atoms with Crippen LogP contribution in [0.2, 0.25) is 0 Å². The van der Waals surface area contributed by atoms with E-state index in [2.05, 4.69) is 10.0 Å². The number of rotatable bonds is 7. The number of aryl methyl sites for hydroxylation is 1. The van der Waals surface area contributed by atoms with Gasteiger partial charge in [0.05, 0.1) is 24.8 Å². The van der Waals surface area contributed by atoms with Crippen LogP contribution in [-0.4, -0.2) is 28.5 Å². The maximum Gasteiger partial charge on any atom is 0.261 e. The van der Waals surface area contributed by atoms with Crippen LogP contribution in [-0.2, 0) is 14.8 Å². The van der Waals surface area contributed by atoms with Crippen molar-refractivity contribution in [2.45, 2.75) is 18.7 Å². The molecule has 0 aromatic heterocycles. The monoisotopic (exact) mass is 494 g/mol. The molecule has 0 aliphatic rings. The number of carbonyl (C=O) groups is 1. The first-order valence-corrected chi connectivity index (χ1v) is 12.4. The van der Waals surface area contributed by atoms with Crippen molar-refractivity contribution in [1.29, 1.82) is 0 Å². The van der Waals surface area contributed by atoms with Gasteiger partial charge in [0.2, 0.25) is 5.91 Å². The van der Waals surface area contributed by atoms with Crippen molar-refractivity contribution < 1.29 is 25.5 Å². The average molecular weight is 495 g/mol. The van der Waals surface area contributed by atoms with Gasteiger partial charge in [-0.15, -0.1) is 0 Å². The smallest absolute Gasteiger partial charge is 0.261 e. The topological polar surface area (TPSA) is 93.7 Å². The summed E-state index contributed by atoms with van der Waals surface area (Å²) in [4.78, 5) is 12.1. The molecule has 35 heavy (non-hydrogen) atoms. The fraction of sp³-hybridized carbons (Fsp3) is 0.148. The molecule has 7 nitrogen and oxygen atoms in total. The molecule has 8 heteroatoms. The molecule has 4 rings (SSSR count). The fourth-order valence-electron chi connectivity index (χ4n) is 3.95. The van der Waals surface area contributed by atoms with E-state index in [1.54, 1.807) is 42.5 Å². The Hall–Kier alpha value is -4.04. The highest BCUT2D eigenvalue weighted by Crippen LogP contribution is 2.45. The first kappa shape index (κ1) is 24.1. The molecule has 0 unspecified atom stereocenters. The van der Waals surface area contributed by atoms with Crippen molar-refractivity contribution in [3.8, 4) is 22.6 Å². The van der Waals surface area contributed by atoms with Crippen LogP contribution in [0.25, 0.3) is 21.9 Å². The summed E-state index contributed by atoms with van der Waals surface area (Å²) in [6.07, 6.45) is 0. The minimum Gasteiger partial charge on any atom is -0.493 e. The molecule has 1 amide bonds. The van der Waals surface area contributed by atoms with Gasteiger partial charge in [-0.2, -0.15) is 0 Å². The van der Waals surface area contributed by atoms with Crippen LogP contribution in [0.3, 0.4) is 0 Å². The van der Waals surface area contributed by atoms with Gasteiger partial charge >= 0.3 is 0 Å². The van der Waals surface area contributed by atoms with E-state index in [1.807, 2.05) is 37.3 Å². The molecule has 0 aliphatic carbocycles. The van der Waals surface area contributed by atoms with Crippen LogP contribution in [0.4, 0.5) is 11.4 Å². The number of sulfonamides is 1. The Kier molecular flexibility index (Phi) is 6.66. The quantitative estimate of drug-likeness (QED) is 0.325. The van der Waals surface area contributed by atoms with Gasteiger partial charge in [0.15, 0.2) is 11.5 Å². The van der Waals surface area contributed by atoms with Crippen molar-refractivity contribution >= 4 is 38.1 Å². The highest BCUT2D eigenvalue weighted by molar-refractivity contribution is 7.92. The Labute approximate surface area is 207 Å². The number of hydrogen-bond acceptors (Lipinski definition) is 5. The molecule has 0 spiro atoms. The average Bonchev–Trinajstić information content (AvgIpc) is 2.83. The molecule has 0 saturated carbocycles. The Morgan fingerprint density at radius 3 is 2.17 bits per heavy atom. The summed E-state index contributed by atoms with van der Waals surface area (Å²) in [5.74, 6) is 0.533. The largest absolute Gasteiger partial charge is 0.493 e. The van der Waals surface area contributed by atoms with E-state index in [4.69, 9.17) is 9.47 Å². The predicted molar refractivity (Wildman–Crippen MR) is 143 cm³/mol. The Morgan fingerprint density at radius 1 is 0.857 bits per heavy atom. The second kappa shape index (κ2) is 9.68. The van der Waals surface area contributed by atoms with Gasteiger partial charge < -0.3 is 14.8 Å². The van der Waals surface area contributed by atoms with E-state index in [1.165, 1.54) is 21.1 Å². The fourth-order valence-corrected chi connectivity index (χ4v) is 5.02. The summed E-state index contributed by atoms with van der Waals surface area (Å²) < 4.78 is 40.3. The summed E-state index contributed by atoms with van der Waals surface area (Å²) in [6.45, 7) is 3.31. The van der Waals surface area contributed by atoms with Crippen LogP contribution < -0.4 is 19.5 Å². The van der Waals surface area contributed by atoms with Gasteiger partial charge in [0.25, 0.3) is 10.0 Å². The number of methoxy groups -OCH3 is 2. The maximum absolute atomic E-state index is 13.3. The lowest BCUT2D eigenvalue weighted by atomic mass is 9.94. The summed E-state index contributed by atoms with van der Waals surface area (Å²) >= 11 is 0. The molecule has 0 aliphatic heterocycles. The highest BCUT2D eigenvalue weighted by Gasteiger charge is 2.22. The predicted octanol–water partition coefficient (Wildman–Crippen LogP) is 6.08. The molecule has 2 N–H and O–H groups in total. The standard InChI is InChI=1S/C27H26N2O5S.2H2/c1-17-9-12-20(13-10-17)35(31,32)29-24-16-26(34-4)25(33-3)15-22(24)27-21-8-6-5-7-19(21)11-14-23(27)28-18(2)30;;/h5-16,29H,1-4H3,(H,28,30);2*1H. The third-order valence-corrected chi connectivity index (χ3v) is 6.99. The number of anilines is 2. The summed E-state index contributed by atoms with van der Waals surface area (Å²) in [5.41, 5.74) is 2.96. The SMILES string of the molecule is COc1cc(NS(=O)(=O)c2ccc(C)cc2)c(-c2c(NC(C)=O)ccc3ccccc23)cc1OC.[HH].[HH]. The maximum atomic E-state index is 13.3. The molecule has 0 radical (unpaired) electrons. The zero-order valence-corrected chi connectivity index (χ0v) is 20.7. The zero-order chi connectivity index (χ0) is 25.2. The van der Waals surface area contributed by atoms with Gasteiger partial charge in [0.1, 0.15) is 0 Å². The van der Waals surface area contributed by atoms with E-state index in [0.29, 0.717) is 28.3 Å². The molecule has 0 bridgehead atoms. The first-order valence-electron chi connectivity index (χ1n) is 10.9. The molecule has 0 atom stereocenters. The van der Waals surface area contributed by atoms with Crippen LogP contribution in [0.5, 0.6) is 11.5 Å². The molecular formula is C27H30N2O5S. The molecule has 184 valence electrons. The minimum absolute atomic E-state index is 0. The first-order chi connectivity index (χ1) is 16.7. The molecule has 4 aromatic rings. The number of nitrogens with one attached hydrogen (secondary N) is 2. The van der Waals surface area contributed by atoms with Crippen molar-refractivity contribution in [1.82, 2.24) is 0 Å². The van der Waals surface area contributed by atoms with Crippen LogP contribution in [0.1, 0.15) is 15.3 Å². The van der Waals surface area contributed by atoms with Crippen molar-refractivity contribution in [2.75, 3.05) is 24.3 Å². The molecule has 0 heterocycles. The van der Waals surface area contributed by atoms with E-state index in [0.717, 1.165) is 16.3 Å². The van der Waals surface area contributed by atoms with Crippen LogP contribution >= 0.6 is 0 Å². The number of amides is 1. The summed E-state index contributed by atoms with van der Waals surface area (Å²) in [6, 6.07) is 21.3. The number of hydrogen-bond donors (Lipinski definition) is 2. The number of benzene rings is 4. The van der Waals surface area contributed by atoms with Gasteiger partial charge in [-0.05, 0) is 42.0 Å². The van der Waals surface area contributed by atoms with E-state index < -0.39 is 10.0 Å².